The lowest BCUT2D eigenvalue weighted by Crippen LogP contribution is -2.02. The minimum absolute atomic E-state index is 0.513. The monoisotopic (exact) mass is 338 g/mol. The van der Waals surface area contributed by atoms with Gasteiger partial charge in [-0.15, -0.1) is 0 Å². The van der Waals surface area contributed by atoms with E-state index in [0.29, 0.717) is 11.6 Å². The Kier molecular flexibility index (Phi) is 5.34. The van der Waals surface area contributed by atoms with E-state index in [0.717, 1.165) is 29.0 Å². The largest absolute Gasteiger partial charge is 0.488 e. The van der Waals surface area contributed by atoms with Gasteiger partial charge in [-0.25, -0.2) is 4.98 Å². The zero-order valence-corrected chi connectivity index (χ0v) is 14.3. The first kappa shape index (κ1) is 16.3. The molecule has 3 rings (SSSR count). The standard InChI is InChI=1S/C20H19ClN2O/c1-2-6-19(23-12-11-22-15-23)18-13-17(21)9-10-20(18)24-14-16-7-4-3-5-8-16/h3-13,15H,2,14H2,1H3. The Morgan fingerprint density at radius 1 is 1.21 bits per heavy atom. The molecule has 4 heteroatoms. The maximum absolute atomic E-state index is 6.23. The number of hydrogen-bond donors (Lipinski definition) is 0. The molecule has 0 aliphatic carbocycles. The van der Waals surface area contributed by atoms with Crippen LogP contribution in [0.5, 0.6) is 5.75 Å². The number of imidazole rings is 1. The van der Waals surface area contributed by atoms with Crippen LogP contribution in [0.1, 0.15) is 24.5 Å². The minimum Gasteiger partial charge on any atom is -0.488 e. The summed E-state index contributed by atoms with van der Waals surface area (Å²) in [4.78, 5) is 4.14. The highest BCUT2D eigenvalue weighted by atomic mass is 35.5. The molecule has 3 aromatic rings. The number of benzene rings is 2. The van der Waals surface area contributed by atoms with Gasteiger partial charge in [0.15, 0.2) is 0 Å². The van der Waals surface area contributed by atoms with E-state index < -0.39 is 0 Å². The number of hydrogen-bond acceptors (Lipinski definition) is 2. The molecule has 122 valence electrons. The molecule has 0 bridgehead atoms. The van der Waals surface area contributed by atoms with Crippen LogP contribution in [0.2, 0.25) is 5.02 Å². The summed E-state index contributed by atoms with van der Waals surface area (Å²) < 4.78 is 8.05. The van der Waals surface area contributed by atoms with Crippen molar-refractivity contribution in [1.29, 1.82) is 0 Å². The summed E-state index contributed by atoms with van der Waals surface area (Å²) in [5, 5.41) is 0.680. The predicted octanol–water partition coefficient (Wildman–Crippen LogP) is 5.41. The van der Waals surface area contributed by atoms with E-state index in [1.54, 1.807) is 12.5 Å². The van der Waals surface area contributed by atoms with Crippen LogP contribution in [0.25, 0.3) is 5.70 Å². The maximum atomic E-state index is 6.23. The summed E-state index contributed by atoms with van der Waals surface area (Å²) in [6, 6.07) is 15.8. The van der Waals surface area contributed by atoms with E-state index in [9.17, 15) is 0 Å². The van der Waals surface area contributed by atoms with E-state index in [4.69, 9.17) is 16.3 Å². The topological polar surface area (TPSA) is 27.1 Å². The molecule has 0 radical (unpaired) electrons. The average Bonchev–Trinajstić information content (AvgIpc) is 3.14. The highest BCUT2D eigenvalue weighted by Crippen LogP contribution is 2.31. The number of halogens is 1. The van der Waals surface area contributed by atoms with Crippen molar-refractivity contribution in [3.8, 4) is 5.75 Å². The third kappa shape index (κ3) is 3.87. The molecule has 0 atom stereocenters. The molecular formula is C20H19ClN2O. The Morgan fingerprint density at radius 2 is 2.04 bits per heavy atom. The summed E-state index contributed by atoms with van der Waals surface area (Å²) in [6.45, 7) is 2.62. The van der Waals surface area contributed by atoms with Crippen LogP contribution in [-0.2, 0) is 6.61 Å². The molecule has 1 heterocycles. The van der Waals surface area contributed by atoms with Crippen LogP contribution < -0.4 is 4.74 Å². The van der Waals surface area contributed by atoms with Gasteiger partial charge in [0.25, 0.3) is 0 Å². The fraction of sp³-hybridized carbons (Fsp3) is 0.150. The Bertz CT molecular complexity index is 811. The summed E-state index contributed by atoms with van der Waals surface area (Å²) in [6.07, 6.45) is 8.51. The molecule has 0 aliphatic rings. The average molecular weight is 339 g/mol. The first-order valence-electron chi connectivity index (χ1n) is 7.93. The second-order valence-corrected chi connectivity index (χ2v) is 5.82. The number of rotatable bonds is 6. The number of allylic oxidation sites excluding steroid dienone is 1. The zero-order chi connectivity index (χ0) is 16.8. The second kappa shape index (κ2) is 7.84. The molecule has 0 saturated carbocycles. The van der Waals surface area contributed by atoms with Crippen molar-refractivity contribution in [2.24, 2.45) is 0 Å². The highest BCUT2D eigenvalue weighted by Gasteiger charge is 2.12. The molecule has 0 spiro atoms. The van der Waals surface area contributed by atoms with Crippen molar-refractivity contribution in [3.05, 3.63) is 89.5 Å². The van der Waals surface area contributed by atoms with Crippen LogP contribution in [0.3, 0.4) is 0 Å². The van der Waals surface area contributed by atoms with Crippen LogP contribution in [0.4, 0.5) is 0 Å². The molecule has 0 aliphatic heterocycles. The van der Waals surface area contributed by atoms with E-state index in [-0.39, 0.29) is 0 Å². The van der Waals surface area contributed by atoms with Crippen molar-refractivity contribution in [2.75, 3.05) is 0 Å². The second-order valence-electron chi connectivity index (χ2n) is 5.38. The van der Waals surface area contributed by atoms with Crippen molar-refractivity contribution in [3.63, 3.8) is 0 Å². The van der Waals surface area contributed by atoms with Crippen LogP contribution in [0.15, 0.2) is 73.3 Å². The van der Waals surface area contributed by atoms with Crippen molar-refractivity contribution in [1.82, 2.24) is 9.55 Å². The molecule has 0 amide bonds. The summed E-state index contributed by atoms with van der Waals surface area (Å²) in [5.41, 5.74) is 3.10. The predicted molar refractivity (Wildman–Crippen MR) is 98.1 cm³/mol. The highest BCUT2D eigenvalue weighted by molar-refractivity contribution is 6.30. The van der Waals surface area contributed by atoms with Gasteiger partial charge in [-0.3, -0.25) is 0 Å². The van der Waals surface area contributed by atoms with Gasteiger partial charge in [0.05, 0.1) is 12.0 Å². The van der Waals surface area contributed by atoms with Gasteiger partial charge >= 0.3 is 0 Å². The minimum atomic E-state index is 0.513. The van der Waals surface area contributed by atoms with Gasteiger partial charge in [0.1, 0.15) is 12.4 Å². The lowest BCUT2D eigenvalue weighted by atomic mass is 10.1. The van der Waals surface area contributed by atoms with Crippen LogP contribution in [-0.4, -0.2) is 9.55 Å². The molecule has 0 fully saturated rings. The van der Waals surface area contributed by atoms with Crippen LogP contribution in [0, 0.1) is 0 Å². The number of nitrogens with zero attached hydrogens (tertiary/aromatic N) is 2. The fourth-order valence-corrected chi connectivity index (χ4v) is 2.69. The molecule has 0 unspecified atom stereocenters. The fourth-order valence-electron chi connectivity index (χ4n) is 2.51. The Morgan fingerprint density at radius 3 is 2.75 bits per heavy atom. The van der Waals surface area contributed by atoms with E-state index in [1.807, 2.05) is 59.3 Å². The molecule has 0 saturated heterocycles. The number of aromatic nitrogens is 2. The van der Waals surface area contributed by atoms with Gasteiger partial charge in [0, 0.05) is 23.0 Å². The normalized spacial score (nSPS) is 11.5. The van der Waals surface area contributed by atoms with Crippen molar-refractivity contribution < 1.29 is 4.74 Å². The molecular weight excluding hydrogens is 320 g/mol. The third-order valence-electron chi connectivity index (χ3n) is 3.63. The summed E-state index contributed by atoms with van der Waals surface area (Å²) >= 11 is 6.23. The molecule has 0 N–H and O–H groups in total. The smallest absolute Gasteiger partial charge is 0.129 e. The summed E-state index contributed by atoms with van der Waals surface area (Å²) in [7, 11) is 0. The lowest BCUT2D eigenvalue weighted by Gasteiger charge is -2.15. The molecule has 2 aromatic carbocycles. The maximum Gasteiger partial charge on any atom is 0.129 e. The first-order chi connectivity index (χ1) is 11.8. The van der Waals surface area contributed by atoms with Gasteiger partial charge in [0.2, 0.25) is 0 Å². The quantitative estimate of drug-likeness (QED) is 0.600. The van der Waals surface area contributed by atoms with E-state index >= 15 is 0 Å². The Labute approximate surface area is 147 Å². The van der Waals surface area contributed by atoms with Gasteiger partial charge in [-0.1, -0.05) is 54.9 Å². The molecule has 1 aromatic heterocycles. The van der Waals surface area contributed by atoms with Gasteiger partial charge < -0.3 is 9.30 Å². The van der Waals surface area contributed by atoms with Crippen molar-refractivity contribution in [2.45, 2.75) is 20.0 Å². The SMILES string of the molecule is CCC=C(c1cc(Cl)ccc1OCc1ccccc1)n1ccnc1. The zero-order valence-electron chi connectivity index (χ0n) is 13.5. The Hall–Kier alpha value is -2.52. The third-order valence-corrected chi connectivity index (χ3v) is 3.87. The Balaban J connectivity index is 1.94. The first-order valence-corrected chi connectivity index (χ1v) is 8.31. The molecule has 24 heavy (non-hydrogen) atoms. The van der Waals surface area contributed by atoms with E-state index in [1.165, 1.54) is 0 Å². The summed E-state index contributed by atoms with van der Waals surface area (Å²) in [5.74, 6) is 0.802. The van der Waals surface area contributed by atoms with Gasteiger partial charge in [-0.05, 0) is 30.2 Å². The van der Waals surface area contributed by atoms with E-state index in [2.05, 4.69) is 18.0 Å². The van der Waals surface area contributed by atoms with Crippen LogP contribution >= 0.6 is 11.6 Å². The lowest BCUT2D eigenvalue weighted by molar-refractivity contribution is 0.305. The van der Waals surface area contributed by atoms with Gasteiger partial charge in [-0.2, -0.15) is 0 Å². The van der Waals surface area contributed by atoms with Crippen molar-refractivity contribution >= 4 is 17.3 Å². The molecule has 3 nitrogen and oxygen atoms in total. The number of ether oxygens (including phenoxy) is 1.